The SMILES string of the molecule is CC(C)(C)c1cccc([N+]2=C=[N+](c3cccc(Oc4ccc5c6cc(-c7ccccc7)ccc6n(-c6cc(C(C)(C)C)ccn6)c5c4)c3)c3cccc(-c4cccc(-c5ccccc5)c4)c32)c1. The van der Waals surface area contributed by atoms with E-state index in [1.54, 1.807) is 0 Å². The second-order valence-electron chi connectivity index (χ2n) is 19.6. The molecule has 2 aromatic heterocycles. The average molecular weight is 869 g/mol. The van der Waals surface area contributed by atoms with Gasteiger partial charge in [0.25, 0.3) is 5.69 Å². The van der Waals surface area contributed by atoms with Crippen molar-refractivity contribution >= 4 is 50.6 Å². The van der Waals surface area contributed by atoms with Gasteiger partial charge in [-0.15, -0.1) is 0 Å². The summed E-state index contributed by atoms with van der Waals surface area (Å²) >= 11 is 0. The van der Waals surface area contributed by atoms with Gasteiger partial charge in [0.2, 0.25) is 11.4 Å². The molecule has 8 aromatic carbocycles. The number of aromatic nitrogens is 2. The van der Waals surface area contributed by atoms with Crippen molar-refractivity contribution in [2.45, 2.75) is 52.4 Å². The van der Waals surface area contributed by atoms with Crippen molar-refractivity contribution < 1.29 is 4.74 Å². The van der Waals surface area contributed by atoms with Crippen LogP contribution in [0.2, 0.25) is 0 Å². The molecule has 3 heterocycles. The first-order valence-electron chi connectivity index (χ1n) is 23.1. The number of fused-ring (bicyclic) bond motifs is 4. The molecular weight excluding hydrogens is 817 g/mol. The van der Waals surface area contributed by atoms with Gasteiger partial charge in [-0.3, -0.25) is 4.57 Å². The van der Waals surface area contributed by atoms with Gasteiger partial charge in [-0.25, -0.2) is 4.98 Å². The summed E-state index contributed by atoms with van der Waals surface area (Å²) in [5.41, 5.74) is 15.6. The van der Waals surface area contributed by atoms with Gasteiger partial charge in [-0.05, 0) is 114 Å². The number of hydrogen-bond acceptors (Lipinski definition) is 2. The first-order valence-corrected chi connectivity index (χ1v) is 23.1. The molecule has 5 heteroatoms. The highest BCUT2D eigenvalue weighted by atomic mass is 16.5. The Balaban J connectivity index is 1.02. The summed E-state index contributed by atoms with van der Waals surface area (Å²) in [4.78, 5) is 4.96. The molecule has 0 radical (unpaired) electrons. The van der Waals surface area contributed by atoms with Crippen molar-refractivity contribution in [2.24, 2.45) is 0 Å². The zero-order chi connectivity index (χ0) is 45.9. The number of nitrogens with zero attached hydrogens (tertiary/aromatic N) is 4. The Hall–Kier alpha value is -8.11. The van der Waals surface area contributed by atoms with Crippen LogP contribution in [0, 0.1) is 0 Å². The molecule has 0 aliphatic carbocycles. The Morgan fingerprint density at radius 2 is 1.07 bits per heavy atom. The predicted octanol–water partition coefficient (Wildman–Crippen LogP) is 16.4. The van der Waals surface area contributed by atoms with Crippen LogP contribution in [0.3, 0.4) is 0 Å². The van der Waals surface area contributed by atoms with Crippen LogP contribution < -0.4 is 13.9 Å². The molecule has 0 fully saturated rings. The first kappa shape index (κ1) is 41.6. The Bertz CT molecular complexity index is 3600. The molecule has 0 saturated carbocycles. The standard InChI is InChI=1S/C62H52N4O/c1-61(2,3)47-23-14-24-49(37-47)65-41-64(57-28-16-27-53(60(57)65)46-22-13-21-44(35-46)42-17-9-7-10-18-42)50-25-15-26-51(39-50)67-52-30-31-54-55-36-45(43-19-11-8-12-20-43)29-32-56(55)66(58(54)40-52)59-38-48(33-34-63-59)62(4,5)6/h7-40H,1-6H3/q+2. The van der Waals surface area contributed by atoms with Crippen molar-refractivity contribution in [3.8, 4) is 50.7 Å². The maximum atomic E-state index is 6.84. The molecule has 0 atom stereocenters. The Kier molecular flexibility index (Phi) is 10.2. The summed E-state index contributed by atoms with van der Waals surface area (Å²) in [6, 6.07) is 75.0. The largest absolute Gasteiger partial charge is 0.503 e. The lowest BCUT2D eigenvalue weighted by molar-refractivity contribution is 0.483. The number of benzene rings is 8. The fourth-order valence-electron chi connectivity index (χ4n) is 9.33. The zero-order valence-corrected chi connectivity index (χ0v) is 38.8. The smallest absolute Gasteiger partial charge is 0.457 e. The van der Waals surface area contributed by atoms with E-state index < -0.39 is 0 Å². The van der Waals surface area contributed by atoms with Gasteiger partial charge < -0.3 is 4.74 Å². The summed E-state index contributed by atoms with van der Waals surface area (Å²) < 4.78 is 13.5. The lowest BCUT2D eigenvalue weighted by Crippen LogP contribution is -2.12. The van der Waals surface area contributed by atoms with Gasteiger partial charge in [0.15, 0.2) is 0 Å². The van der Waals surface area contributed by atoms with Crippen LogP contribution >= 0.6 is 0 Å². The van der Waals surface area contributed by atoms with E-state index in [4.69, 9.17) is 9.72 Å². The third-order valence-electron chi connectivity index (χ3n) is 12.9. The molecule has 0 amide bonds. The van der Waals surface area contributed by atoms with Crippen molar-refractivity contribution in [1.29, 1.82) is 0 Å². The summed E-state index contributed by atoms with van der Waals surface area (Å²) in [5.74, 6) is 2.34. The average Bonchev–Trinajstić information content (AvgIpc) is 3.90. The normalized spacial score (nSPS) is 12.6. The maximum Gasteiger partial charge on any atom is 0.503 e. The van der Waals surface area contributed by atoms with Crippen molar-refractivity contribution in [3.63, 3.8) is 0 Å². The molecule has 5 nitrogen and oxygen atoms in total. The monoisotopic (exact) mass is 868 g/mol. The minimum atomic E-state index is -0.0383. The van der Waals surface area contributed by atoms with E-state index in [-0.39, 0.29) is 10.8 Å². The summed E-state index contributed by atoms with van der Waals surface area (Å²) in [6.07, 6.45) is 1.93. The maximum absolute atomic E-state index is 6.84. The predicted molar refractivity (Wildman–Crippen MR) is 280 cm³/mol. The Morgan fingerprint density at radius 1 is 0.448 bits per heavy atom. The van der Waals surface area contributed by atoms with E-state index in [0.717, 1.165) is 73.0 Å². The van der Waals surface area contributed by atoms with Gasteiger partial charge in [-0.2, -0.15) is 0 Å². The molecule has 67 heavy (non-hydrogen) atoms. The fourth-order valence-corrected chi connectivity index (χ4v) is 9.33. The molecular formula is C62H52N4O+2. The van der Waals surface area contributed by atoms with E-state index in [1.807, 2.05) is 12.3 Å². The Morgan fingerprint density at radius 3 is 1.82 bits per heavy atom. The lowest BCUT2D eigenvalue weighted by atomic mass is 9.87. The molecule has 1 aliphatic heterocycles. The van der Waals surface area contributed by atoms with Gasteiger partial charge >= 0.3 is 11.7 Å². The molecule has 0 unspecified atom stereocenters. The number of rotatable bonds is 8. The minimum Gasteiger partial charge on any atom is -0.457 e. The van der Waals surface area contributed by atoms with E-state index in [9.17, 15) is 0 Å². The van der Waals surface area contributed by atoms with Crippen LogP contribution in [0.4, 0.5) is 22.7 Å². The van der Waals surface area contributed by atoms with Crippen molar-refractivity contribution in [3.05, 3.63) is 218 Å². The number of pyridine rings is 1. The van der Waals surface area contributed by atoms with Crippen molar-refractivity contribution in [2.75, 3.05) is 0 Å². The van der Waals surface area contributed by atoms with E-state index in [1.165, 1.54) is 33.4 Å². The number of para-hydroxylation sites is 1. The lowest BCUT2D eigenvalue weighted by Gasteiger charge is -2.20. The van der Waals surface area contributed by atoms with Crippen molar-refractivity contribution in [1.82, 2.24) is 18.7 Å². The molecule has 0 saturated heterocycles. The van der Waals surface area contributed by atoms with Gasteiger partial charge in [0, 0.05) is 47.3 Å². The first-order chi connectivity index (χ1) is 32.5. The second-order valence-corrected chi connectivity index (χ2v) is 19.6. The minimum absolute atomic E-state index is 0.0249. The second kappa shape index (κ2) is 16.4. The Labute approximate surface area is 392 Å². The summed E-state index contributed by atoms with van der Waals surface area (Å²) in [6.45, 7) is 13.5. The quantitative estimate of drug-likeness (QED) is 0.143. The summed E-state index contributed by atoms with van der Waals surface area (Å²) in [5, 5.41) is 2.30. The highest BCUT2D eigenvalue weighted by Crippen LogP contribution is 2.45. The fraction of sp³-hybridized carbons (Fsp3) is 0.129. The molecule has 324 valence electrons. The van der Waals surface area contributed by atoms with Crippen LogP contribution in [0.5, 0.6) is 11.5 Å². The highest BCUT2D eigenvalue weighted by molar-refractivity contribution is 6.10. The molecule has 10 aromatic rings. The molecule has 0 bridgehead atoms. The number of hydrogen-bond donors (Lipinski definition) is 0. The molecule has 1 aliphatic rings. The van der Waals surface area contributed by atoms with Crippen LogP contribution in [0.15, 0.2) is 206 Å². The summed E-state index contributed by atoms with van der Waals surface area (Å²) in [7, 11) is 0. The third kappa shape index (κ3) is 7.84. The molecule has 0 spiro atoms. The zero-order valence-electron chi connectivity index (χ0n) is 38.8. The van der Waals surface area contributed by atoms with Gasteiger partial charge in [0.05, 0.1) is 22.7 Å². The highest BCUT2D eigenvalue weighted by Gasteiger charge is 2.40. The van der Waals surface area contributed by atoms with Crippen LogP contribution in [0.1, 0.15) is 52.7 Å². The molecule has 0 N–H and O–H groups in total. The van der Waals surface area contributed by atoms with Crippen LogP contribution in [0.25, 0.3) is 61.0 Å². The van der Waals surface area contributed by atoms with E-state index in [0.29, 0.717) is 0 Å². The van der Waals surface area contributed by atoms with E-state index in [2.05, 4.69) is 255 Å². The van der Waals surface area contributed by atoms with E-state index >= 15 is 0 Å². The van der Waals surface area contributed by atoms with Gasteiger partial charge in [-0.1, -0.05) is 151 Å². The topological polar surface area (TPSA) is 33.1 Å². The third-order valence-corrected chi connectivity index (χ3v) is 12.9. The van der Waals surface area contributed by atoms with Crippen LogP contribution in [-0.4, -0.2) is 15.6 Å². The van der Waals surface area contributed by atoms with Crippen LogP contribution in [-0.2, 0) is 10.8 Å². The molecule has 11 rings (SSSR count). The number of ether oxygens (including phenoxy) is 1. The van der Waals surface area contributed by atoms with Gasteiger partial charge in [0.1, 0.15) is 17.3 Å².